The molecule has 0 saturated carbocycles. The normalized spacial score (nSPS) is 10.2. The minimum Gasteiger partial charge on any atom is -0.507 e. The monoisotopic (exact) mass is 323 g/mol. The number of hydrogen-bond acceptors (Lipinski definition) is 2. The maximum Gasteiger partial charge on any atom is 0.262 e. The fourth-order valence-corrected chi connectivity index (χ4v) is 2.17. The van der Waals surface area contributed by atoms with Gasteiger partial charge in [0.2, 0.25) is 0 Å². The molecule has 0 aromatic heterocycles. The van der Waals surface area contributed by atoms with Crippen LogP contribution in [0.25, 0.3) is 0 Å². The number of phenols is 1. The summed E-state index contributed by atoms with van der Waals surface area (Å²) in [5.74, 6) is -1.81. The molecule has 0 unspecified atom stereocenters. The molecule has 0 saturated heterocycles. The number of halogens is 2. The lowest BCUT2D eigenvalue weighted by Gasteiger charge is -2.10. The molecule has 1 amide bonds. The molecule has 0 heterocycles. The van der Waals surface area contributed by atoms with Gasteiger partial charge in [0.1, 0.15) is 17.1 Å². The van der Waals surface area contributed by atoms with Crippen LogP contribution in [0.1, 0.15) is 15.9 Å². The van der Waals surface area contributed by atoms with Gasteiger partial charge in [-0.3, -0.25) is 4.79 Å². The first-order chi connectivity index (χ1) is 9.13. The van der Waals surface area contributed by atoms with Crippen molar-refractivity contribution in [1.29, 1.82) is 0 Å². The Bertz CT molecular complexity index is 596. The van der Waals surface area contributed by atoms with Gasteiger partial charge in [0, 0.05) is 11.0 Å². The molecule has 0 aliphatic carbocycles. The summed E-state index contributed by atoms with van der Waals surface area (Å²) >= 11 is 3.31. The Morgan fingerprint density at radius 3 is 2.63 bits per heavy atom. The van der Waals surface area contributed by atoms with Crippen LogP contribution in [-0.4, -0.2) is 11.0 Å². The van der Waals surface area contributed by atoms with Crippen molar-refractivity contribution in [1.82, 2.24) is 0 Å². The molecule has 2 rings (SSSR count). The van der Waals surface area contributed by atoms with Gasteiger partial charge in [0.25, 0.3) is 5.91 Å². The van der Waals surface area contributed by atoms with Crippen molar-refractivity contribution in [3.05, 3.63) is 59.4 Å². The van der Waals surface area contributed by atoms with E-state index in [0.717, 1.165) is 11.6 Å². The van der Waals surface area contributed by atoms with Crippen LogP contribution in [0.3, 0.4) is 0 Å². The molecule has 0 aliphatic heterocycles. The van der Waals surface area contributed by atoms with E-state index in [-0.39, 0.29) is 11.3 Å². The molecule has 5 heteroatoms. The van der Waals surface area contributed by atoms with E-state index in [1.807, 2.05) is 12.1 Å². The summed E-state index contributed by atoms with van der Waals surface area (Å²) in [5.41, 5.74) is 1.09. The Labute approximate surface area is 118 Å². The van der Waals surface area contributed by atoms with Gasteiger partial charge in [-0.25, -0.2) is 4.39 Å². The third kappa shape index (κ3) is 2.93. The Balaban J connectivity index is 2.31. The van der Waals surface area contributed by atoms with Crippen LogP contribution in [0.15, 0.2) is 42.5 Å². The molecule has 98 valence electrons. The van der Waals surface area contributed by atoms with Crippen molar-refractivity contribution in [2.24, 2.45) is 0 Å². The predicted octanol–water partition coefficient (Wildman–Crippen LogP) is 3.68. The zero-order valence-electron chi connectivity index (χ0n) is 9.86. The van der Waals surface area contributed by atoms with E-state index in [0.29, 0.717) is 11.0 Å². The Morgan fingerprint density at radius 2 is 1.95 bits per heavy atom. The topological polar surface area (TPSA) is 49.3 Å². The van der Waals surface area contributed by atoms with Crippen LogP contribution in [0, 0.1) is 5.82 Å². The van der Waals surface area contributed by atoms with Crippen LogP contribution in [0.4, 0.5) is 10.1 Å². The second-order valence-electron chi connectivity index (χ2n) is 3.88. The highest BCUT2D eigenvalue weighted by Gasteiger charge is 2.17. The summed E-state index contributed by atoms with van der Waals surface area (Å²) in [6.45, 7) is 0. The van der Waals surface area contributed by atoms with Crippen molar-refractivity contribution in [2.75, 3.05) is 5.32 Å². The van der Waals surface area contributed by atoms with Gasteiger partial charge in [-0.15, -0.1) is 0 Å². The molecule has 19 heavy (non-hydrogen) atoms. The van der Waals surface area contributed by atoms with Crippen LogP contribution in [-0.2, 0) is 5.33 Å². The summed E-state index contributed by atoms with van der Waals surface area (Å²) in [5, 5.41) is 12.7. The SMILES string of the molecule is O=C(Nc1ccccc1CBr)c1c(O)cccc1F. The van der Waals surface area contributed by atoms with Gasteiger partial charge in [-0.1, -0.05) is 40.2 Å². The number of alkyl halides is 1. The largest absolute Gasteiger partial charge is 0.507 e. The standard InChI is InChI=1S/C14H11BrFNO2/c15-8-9-4-1-2-6-11(9)17-14(19)13-10(16)5-3-7-12(13)18/h1-7,18H,8H2,(H,17,19). The molecule has 2 aromatic carbocycles. The molecule has 2 aromatic rings. The number of anilines is 1. The van der Waals surface area contributed by atoms with Crippen molar-refractivity contribution < 1.29 is 14.3 Å². The van der Waals surface area contributed by atoms with Crippen molar-refractivity contribution in [3.8, 4) is 5.75 Å². The van der Waals surface area contributed by atoms with Gasteiger partial charge in [-0.2, -0.15) is 0 Å². The number of rotatable bonds is 3. The van der Waals surface area contributed by atoms with Crippen LogP contribution >= 0.6 is 15.9 Å². The number of amides is 1. The summed E-state index contributed by atoms with van der Waals surface area (Å²) in [6.07, 6.45) is 0. The molecule has 0 aliphatic rings. The van der Waals surface area contributed by atoms with E-state index in [9.17, 15) is 14.3 Å². The third-order valence-corrected chi connectivity index (χ3v) is 3.23. The molecule has 0 spiro atoms. The fourth-order valence-electron chi connectivity index (χ4n) is 1.68. The summed E-state index contributed by atoms with van der Waals surface area (Å²) in [7, 11) is 0. The molecule has 0 radical (unpaired) electrons. The average Bonchev–Trinajstić information content (AvgIpc) is 2.39. The summed E-state index contributed by atoms with van der Waals surface area (Å²) in [4.78, 5) is 12.0. The minimum absolute atomic E-state index is 0.355. The summed E-state index contributed by atoms with van der Waals surface area (Å²) < 4.78 is 13.6. The molecular weight excluding hydrogens is 313 g/mol. The average molecular weight is 324 g/mol. The summed E-state index contributed by atoms with van der Waals surface area (Å²) in [6, 6.07) is 10.9. The number of aromatic hydroxyl groups is 1. The second-order valence-corrected chi connectivity index (χ2v) is 4.44. The number of nitrogens with one attached hydrogen (secondary N) is 1. The lowest BCUT2D eigenvalue weighted by atomic mass is 10.1. The number of carbonyl (C=O) groups is 1. The van der Waals surface area contributed by atoms with E-state index < -0.39 is 11.7 Å². The lowest BCUT2D eigenvalue weighted by molar-refractivity contribution is 0.102. The first-order valence-corrected chi connectivity index (χ1v) is 6.68. The van der Waals surface area contributed by atoms with Crippen molar-refractivity contribution in [2.45, 2.75) is 5.33 Å². The maximum atomic E-state index is 13.6. The van der Waals surface area contributed by atoms with Gasteiger partial charge in [0.15, 0.2) is 0 Å². The van der Waals surface area contributed by atoms with Crippen LogP contribution < -0.4 is 5.32 Å². The molecule has 2 N–H and O–H groups in total. The van der Waals surface area contributed by atoms with Crippen LogP contribution in [0.5, 0.6) is 5.75 Å². The number of carbonyl (C=O) groups excluding carboxylic acids is 1. The maximum absolute atomic E-state index is 13.6. The van der Waals surface area contributed by atoms with Crippen LogP contribution in [0.2, 0.25) is 0 Å². The first-order valence-electron chi connectivity index (χ1n) is 5.56. The number of phenolic OH excluding ortho intramolecular Hbond substituents is 1. The van der Waals surface area contributed by atoms with Gasteiger partial charge in [-0.05, 0) is 23.8 Å². The van der Waals surface area contributed by atoms with Gasteiger partial charge < -0.3 is 10.4 Å². The Morgan fingerprint density at radius 1 is 1.21 bits per heavy atom. The van der Waals surface area contributed by atoms with E-state index in [1.54, 1.807) is 12.1 Å². The molecule has 0 bridgehead atoms. The van der Waals surface area contributed by atoms with Crippen molar-refractivity contribution in [3.63, 3.8) is 0 Å². The third-order valence-electron chi connectivity index (χ3n) is 2.63. The fraction of sp³-hybridized carbons (Fsp3) is 0.0714. The smallest absolute Gasteiger partial charge is 0.262 e. The van der Waals surface area contributed by atoms with Gasteiger partial charge >= 0.3 is 0 Å². The van der Waals surface area contributed by atoms with E-state index in [1.165, 1.54) is 12.1 Å². The van der Waals surface area contributed by atoms with Crippen molar-refractivity contribution >= 4 is 27.5 Å². The lowest BCUT2D eigenvalue weighted by Crippen LogP contribution is -2.15. The quantitative estimate of drug-likeness (QED) is 0.846. The zero-order valence-corrected chi connectivity index (χ0v) is 11.4. The predicted molar refractivity (Wildman–Crippen MR) is 75.1 cm³/mol. The van der Waals surface area contributed by atoms with E-state index in [4.69, 9.17) is 0 Å². The second kappa shape index (κ2) is 5.84. The molecular formula is C14H11BrFNO2. The Kier molecular flexibility index (Phi) is 4.16. The number of para-hydroxylation sites is 1. The number of benzene rings is 2. The highest BCUT2D eigenvalue weighted by molar-refractivity contribution is 9.08. The number of hydrogen-bond donors (Lipinski definition) is 2. The zero-order chi connectivity index (χ0) is 13.8. The minimum atomic E-state index is -0.756. The molecule has 0 atom stereocenters. The highest BCUT2D eigenvalue weighted by Crippen LogP contribution is 2.23. The van der Waals surface area contributed by atoms with Gasteiger partial charge in [0.05, 0.1) is 0 Å². The van der Waals surface area contributed by atoms with E-state index in [2.05, 4.69) is 21.2 Å². The molecule has 3 nitrogen and oxygen atoms in total. The Hall–Kier alpha value is -1.88. The highest BCUT2D eigenvalue weighted by atomic mass is 79.9. The van der Waals surface area contributed by atoms with E-state index >= 15 is 0 Å². The molecule has 0 fully saturated rings. The first kappa shape index (κ1) is 13.5.